The summed E-state index contributed by atoms with van der Waals surface area (Å²) in [7, 11) is 1.88. The van der Waals surface area contributed by atoms with Gasteiger partial charge in [0.05, 0.1) is 6.04 Å². The molecule has 0 radical (unpaired) electrons. The first kappa shape index (κ1) is 12.4. The number of halogens is 1. The van der Waals surface area contributed by atoms with E-state index in [1.807, 2.05) is 48.3 Å². The Labute approximate surface area is 121 Å². The van der Waals surface area contributed by atoms with E-state index < -0.39 is 0 Å². The number of fused-ring (bicyclic) bond motifs is 1. The van der Waals surface area contributed by atoms with Crippen LogP contribution in [-0.4, -0.2) is 17.9 Å². The number of likely N-dealkylation sites (N-methyl/N-ethyl adjacent to an activating group) is 1. The monoisotopic (exact) mass is 315 g/mol. The number of benzene rings is 2. The van der Waals surface area contributed by atoms with Crippen LogP contribution in [0.1, 0.15) is 27.5 Å². The van der Waals surface area contributed by atoms with Crippen molar-refractivity contribution in [1.29, 1.82) is 0 Å². The number of nitrogens with zero attached hydrogens (tertiary/aromatic N) is 1. The molecule has 0 saturated carbocycles. The van der Waals surface area contributed by atoms with Crippen LogP contribution in [0.25, 0.3) is 0 Å². The highest BCUT2D eigenvalue weighted by molar-refractivity contribution is 9.10. The Kier molecular flexibility index (Phi) is 3.15. The predicted octanol–water partition coefficient (Wildman–Crippen LogP) is 3.82. The van der Waals surface area contributed by atoms with E-state index in [0.29, 0.717) is 0 Å². The molecule has 0 spiro atoms. The second kappa shape index (κ2) is 4.82. The van der Waals surface area contributed by atoms with Gasteiger partial charge in [0.2, 0.25) is 0 Å². The molecule has 0 aliphatic carbocycles. The average molecular weight is 316 g/mol. The summed E-state index contributed by atoms with van der Waals surface area (Å²) < 4.78 is 1.06. The molecule has 1 atom stereocenters. The zero-order valence-electron chi connectivity index (χ0n) is 10.6. The van der Waals surface area contributed by atoms with Crippen LogP contribution in [0.3, 0.4) is 0 Å². The quantitative estimate of drug-likeness (QED) is 0.783. The summed E-state index contributed by atoms with van der Waals surface area (Å²) in [6.45, 7) is 0. The molecule has 0 bridgehead atoms. The molecule has 96 valence electrons. The molecule has 2 aromatic rings. The first-order valence-electron chi connectivity index (χ1n) is 6.27. The highest BCUT2D eigenvalue weighted by Crippen LogP contribution is 2.32. The van der Waals surface area contributed by atoms with Gasteiger partial charge in [-0.2, -0.15) is 0 Å². The van der Waals surface area contributed by atoms with Crippen molar-refractivity contribution in [2.45, 2.75) is 12.5 Å². The summed E-state index contributed by atoms with van der Waals surface area (Å²) in [6, 6.07) is 16.2. The van der Waals surface area contributed by atoms with Crippen molar-refractivity contribution >= 4 is 21.8 Å². The molecule has 0 fully saturated rings. The van der Waals surface area contributed by atoms with Gasteiger partial charge in [0.15, 0.2) is 0 Å². The highest BCUT2D eigenvalue weighted by Gasteiger charge is 2.30. The van der Waals surface area contributed by atoms with Gasteiger partial charge in [0.25, 0.3) is 5.91 Å². The van der Waals surface area contributed by atoms with Crippen molar-refractivity contribution in [1.82, 2.24) is 4.90 Å². The minimum Gasteiger partial charge on any atom is -0.334 e. The van der Waals surface area contributed by atoms with E-state index in [-0.39, 0.29) is 11.9 Å². The Morgan fingerprint density at radius 1 is 1.11 bits per heavy atom. The maximum absolute atomic E-state index is 12.4. The molecule has 2 aromatic carbocycles. The van der Waals surface area contributed by atoms with Gasteiger partial charge in [-0.15, -0.1) is 0 Å². The van der Waals surface area contributed by atoms with Crippen molar-refractivity contribution in [3.05, 3.63) is 69.7 Å². The minimum absolute atomic E-state index is 0.106. The molecule has 0 N–H and O–H groups in total. The highest BCUT2D eigenvalue weighted by atomic mass is 79.9. The van der Waals surface area contributed by atoms with E-state index in [0.717, 1.165) is 22.0 Å². The van der Waals surface area contributed by atoms with Crippen LogP contribution in [-0.2, 0) is 6.42 Å². The molecule has 0 aromatic heterocycles. The zero-order valence-corrected chi connectivity index (χ0v) is 12.2. The van der Waals surface area contributed by atoms with Gasteiger partial charge in [0.1, 0.15) is 0 Å². The zero-order chi connectivity index (χ0) is 13.4. The molecule has 1 unspecified atom stereocenters. The molecular formula is C16H14BrNO. The lowest BCUT2D eigenvalue weighted by Crippen LogP contribution is -2.37. The summed E-state index contributed by atoms with van der Waals surface area (Å²) in [5, 5.41) is 0. The maximum Gasteiger partial charge on any atom is 0.254 e. The Balaban J connectivity index is 2.01. The van der Waals surface area contributed by atoms with E-state index in [1.54, 1.807) is 0 Å². The maximum atomic E-state index is 12.4. The summed E-state index contributed by atoms with van der Waals surface area (Å²) in [6.07, 6.45) is 0.875. The largest absolute Gasteiger partial charge is 0.334 e. The fraction of sp³-hybridized carbons (Fsp3) is 0.188. The summed E-state index contributed by atoms with van der Waals surface area (Å²) in [4.78, 5) is 14.2. The first-order chi connectivity index (χ1) is 9.16. The number of rotatable bonds is 1. The van der Waals surface area contributed by atoms with E-state index in [2.05, 4.69) is 28.1 Å². The van der Waals surface area contributed by atoms with Gasteiger partial charge in [-0.1, -0.05) is 46.3 Å². The van der Waals surface area contributed by atoms with Crippen LogP contribution in [0.5, 0.6) is 0 Å². The molecule has 3 heteroatoms. The lowest BCUT2D eigenvalue weighted by molar-refractivity contribution is 0.0705. The third kappa shape index (κ3) is 2.19. The fourth-order valence-electron chi connectivity index (χ4n) is 2.61. The van der Waals surface area contributed by atoms with E-state index in [9.17, 15) is 4.79 Å². The molecule has 1 aliphatic heterocycles. The van der Waals surface area contributed by atoms with Gasteiger partial charge in [0, 0.05) is 17.1 Å². The van der Waals surface area contributed by atoms with Gasteiger partial charge in [-0.25, -0.2) is 0 Å². The Morgan fingerprint density at radius 2 is 1.79 bits per heavy atom. The standard InChI is InChI=1S/C16H14BrNO/c1-18-15(11-6-8-13(17)9-7-11)10-12-4-2-3-5-14(12)16(18)19/h2-9,15H,10H2,1H3. The lowest BCUT2D eigenvalue weighted by atomic mass is 9.90. The second-order valence-corrected chi connectivity index (χ2v) is 5.76. The Hall–Kier alpha value is -1.61. The van der Waals surface area contributed by atoms with E-state index in [1.165, 1.54) is 5.56 Å². The smallest absolute Gasteiger partial charge is 0.254 e. The first-order valence-corrected chi connectivity index (χ1v) is 7.06. The summed E-state index contributed by atoms with van der Waals surface area (Å²) >= 11 is 3.44. The summed E-state index contributed by atoms with van der Waals surface area (Å²) in [5.41, 5.74) is 3.14. The Morgan fingerprint density at radius 3 is 2.53 bits per heavy atom. The summed E-state index contributed by atoms with van der Waals surface area (Å²) in [5.74, 6) is 0.106. The van der Waals surface area contributed by atoms with Crippen LogP contribution >= 0.6 is 15.9 Å². The van der Waals surface area contributed by atoms with E-state index >= 15 is 0 Å². The molecular weight excluding hydrogens is 302 g/mol. The van der Waals surface area contributed by atoms with Crippen LogP contribution < -0.4 is 0 Å². The number of hydrogen-bond donors (Lipinski definition) is 0. The van der Waals surface area contributed by atoms with Crippen molar-refractivity contribution in [2.75, 3.05) is 7.05 Å². The molecule has 1 amide bonds. The van der Waals surface area contributed by atoms with Gasteiger partial charge < -0.3 is 4.90 Å². The lowest BCUT2D eigenvalue weighted by Gasteiger charge is -2.34. The fourth-order valence-corrected chi connectivity index (χ4v) is 2.87. The molecule has 19 heavy (non-hydrogen) atoms. The SMILES string of the molecule is CN1C(=O)c2ccccc2CC1c1ccc(Br)cc1. The third-order valence-electron chi connectivity index (χ3n) is 3.70. The second-order valence-electron chi connectivity index (χ2n) is 4.84. The topological polar surface area (TPSA) is 20.3 Å². The van der Waals surface area contributed by atoms with E-state index in [4.69, 9.17) is 0 Å². The van der Waals surface area contributed by atoms with Crippen LogP contribution in [0.15, 0.2) is 53.0 Å². The van der Waals surface area contributed by atoms with Crippen molar-refractivity contribution in [3.63, 3.8) is 0 Å². The number of hydrogen-bond acceptors (Lipinski definition) is 1. The van der Waals surface area contributed by atoms with Crippen molar-refractivity contribution < 1.29 is 4.79 Å². The van der Waals surface area contributed by atoms with Gasteiger partial charge >= 0.3 is 0 Å². The molecule has 1 heterocycles. The van der Waals surface area contributed by atoms with Crippen molar-refractivity contribution in [2.24, 2.45) is 0 Å². The van der Waals surface area contributed by atoms with Gasteiger partial charge in [-0.3, -0.25) is 4.79 Å². The molecule has 2 nitrogen and oxygen atoms in total. The molecule has 0 saturated heterocycles. The van der Waals surface area contributed by atoms with Crippen LogP contribution in [0.4, 0.5) is 0 Å². The average Bonchev–Trinajstić information content (AvgIpc) is 2.44. The number of carbonyl (C=O) groups excluding carboxylic acids is 1. The predicted molar refractivity (Wildman–Crippen MR) is 79.1 cm³/mol. The van der Waals surface area contributed by atoms with Crippen LogP contribution in [0, 0.1) is 0 Å². The number of carbonyl (C=O) groups is 1. The molecule has 3 rings (SSSR count). The Bertz CT molecular complexity index is 621. The van der Waals surface area contributed by atoms with Crippen molar-refractivity contribution in [3.8, 4) is 0 Å². The van der Waals surface area contributed by atoms with Gasteiger partial charge in [-0.05, 0) is 35.7 Å². The molecule has 1 aliphatic rings. The minimum atomic E-state index is 0.106. The number of amides is 1. The van der Waals surface area contributed by atoms with Crippen LogP contribution in [0.2, 0.25) is 0 Å². The normalized spacial score (nSPS) is 18.3. The third-order valence-corrected chi connectivity index (χ3v) is 4.23.